The molecule has 0 aliphatic heterocycles. The molecule has 0 saturated heterocycles. The Hall–Kier alpha value is -3.70. The number of benzene rings is 1. The van der Waals surface area contributed by atoms with E-state index in [9.17, 15) is 0 Å². The summed E-state index contributed by atoms with van der Waals surface area (Å²) < 4.78 is 0. The van der Waals surface area contributed by atoms with Crippen LogP contribution < -0.4 is 0 Å². The molecule has 130 valence electrons. The third-order valence-electron chi connectivity index (χ3n) is 4.41. The highest BCUT2D eigenvalue weighted by molar-refractivity contribution is 6.05. The molecule has 0 atom stereocenters. The molecule has 4 heterocycles. The molecule has 5 heteroatoms. The first kappa shape index (κ1) is 16.8. The number of fused-ring (bicyclic) bond motifs is 3. The van der Waals surface area contributed by atoms with Crippen LogP contribution in [0.25, 0.3) is 44.5 Å². The molecule has 0 spiro atoms. The van der Waals surface area contributed by atoms with Gasteiger partial charge in [0.05, 0.1) is 28.1 Å². The fourth-order valence-electron chi connectivity index (χ4n) is 3.19. The SMILES string of the molecule is O.c1ccc(-c2cc3ccc4cccnc4c3nc2-c2ccccn2)nc1. The summed E-state index contributed by atoms with van der Waals surface area (Å²) in [4.78, 5) is 18.6. The first-order valence-electron chi connectivity index (χ1n) is 8.41. The maximum absolute atomic E-state index is 4.98. The third-order valence-corrected chi connectivity index (χ3v) is 4.41. The molecule has 0 saturated carbocycles. The highest BCUT2D eigenvalue weighted by atomic mass is 16.0. The summed E-state index contributed by atoms with van der Waals surface area (Å²) in [5.41, 5.74) is 5.26. The van der Waals surface area contributed by atoms with Crippen LogP contribution in [0.4, 0.5) is 0 Å². The van der Waals surface area contributed by atoms with Crippen molar-refractivity contribution in [2.75, 3.05) is 0 Å². The smallest absolute Gasteiger partial charge is 0.0988 e. The molecule has 0 radical (unpaired) electrons. The van der Waals surface area contributed by atoms with Gasteiger partial charge in [-0.25, -0.2) is 4.98 Å². The van der Waals surface area contributed by atoms with E-state index >= 15 is 0 Å². The van der Waals surface area contributed by atoms with Gasteiger partial charge in [-0.2, -0.15) is 0 Å². The summed E-state index contributed by atoms with van der Waals surface area (Å²) in [6.07, 6.45) is 5.38. The lowest BCUT2D eigenvalue weighted by atomic mass is 10.0. The molecular weight excluding hydrogens is 336 g/mol. The average molecular weight is 352 g/mol. The van der Waals surface area contributed by atoms with E-state index < -0.39 is 0 Å². The Morgan fingerprint density at radius 1 is 0.556 bits per heavy atom. The number of hydrogen-bond donors (Lipinski definition) is 0. The van der Waals surface area contributed by atoms with Crippen LogP contribution in [0.5, 0.6) is 0 Å². The minimum Gasteiger partial charge on any atom is -0.412 e. The Morgan fingerprint density at radius 3 is 2.00 bits per heavy atom. The van der Waals surface area contributed by atoms with E-state index in [0.717, 1.165) is 44.5 Å². The second-order valence-corrected chi connectivity index (χ2v) is 6.03. The predicted molar refractivity (Wildman–Crippen MR) is 107 cm³/mol. The Bertz CT molecular complexity index is 1220. The van der Waals surface area contributed by atoms with Crippen molar-refractivity contribution < 1.29 is 5.48 Å². The molecule has 0 bridgehead atoms. The molecule has 0 amide bonds. The van der Waals surface area contributed by atoms with E-state index in [4.69, 9.17) is 4.98 Å². The Kier molecular flexibility index (Phi) is 4.28. The fraction of sp³-hybridized carbons (Fsp3) is 0. The van der Waals surface area contributed by atoms with Gasteiger partial charge in [0.1, 0.15) is 0 Å². The second kappa shape index (κ2) is 6.90. The van der Waals surface area contributed by atoms with Crippen molar-refractivity contribution in [3.05, 3.63) is 85.3 Å². The summed E-state index contributed by atoms with van der Waals surface area (Å²) in [6.45, 7) is 0. The van der Waals surface area contributed by atoms with Gasteiger partial charge in [0.15, 0.2) is 0 Å². The zero-order valence-corrected chi connectivity index (χ0v) is 14.4. The second-order valence-electron chi connectivity index (χ2n) is 6.03. The first-order valence-corrected chi connectivity index (χ1v) is 8.41. The highest BCUT2D eigenvalue weighted by Crippen LogP contribution is 2.33. The van der Waals surface area contributed by atoms with Gasteiger partial charge in [0, 0.05) is 34.9 Å². The van der Waals surface area contributed by atoms with Crippen molar-refractivity contribution in [1.82, 2.24) is 19.9 Å². The van der Waals surface area contributed by atoms with Gasteiger partial charge in [-0.3, -0.25) is 15.0 Å². The average Bonchev–Trinajstić information content (AvgIpc) is 2.74. The summed E-state index contributed by atoms with van der Waals surface area (Å²) in [5, 5.41) is 2.11. The molecule has 27 heavy (non-hydrogen) atoms. The van der Waals surface area contributed by atoms with E-state index in [-0.39, 0.29) is 5.48 Å². The summed E-state index contributed by atoms with van der Waals surface area (Å²) in [5.74, 6) is 0. The van der Waals surface area contributed by atoms with Crippen molar-refractivity contribution in [2.45, 2.75) is 0 Å². The quantitative estimate of drug-likeness (QED) is 0.448. The van der Waals surface area contributed by atoms with Crippen LogP contribution in [-0.2, 0) is 0 Å². The van der Waals surface area contributed by atoms with Crippen molar-refractivity contribution in [3.63, 3.8) is 0 Å². The number of hydrogen-bond acceptors (Lipinski definition) is 4. The topological polar surface area (TPSA) is 83.1 Å². The normalized spacial score (nSPS) is 10.7. The maximum atomic E-state index is 4.98. The number of pyridine rings is 4. The maximum Gasteiger partial charge on any atom is 0.0988 e. The molecule has 0 unspecified atom stereocenters. The van der Waals surface area contributed by atoms with Crippen molar-refractivity contribution in [1.29, 1.82) is 0 Å². The molecule has 1 aromatic carbocycles. The molecule has 5 aromatic rings. The van der Waals surface area contributed by atoms with Gasteiger partial charge >= 0.3 is 0 Å². The Labute approximate surface area is 155 Å². The first-order chi connectivity index (χ1) is 12.9. The molecule has 0 fully saturated rings. The van der Waals surface area contributed by atoms with Crippen LogP contribution in [0.2, 0.25) is 0 Å². The van der Waals surface area contributed by atoms with Gasteiger partial charge in [-0.05, 0) is 36.4 Å². The summed E-state index contributed by atoms with van der Waals surface area (Å²) in [6, 6.07) is 22.0. The van der Waals surface area contributed by atoms with Crippen molar-refractivity contribution in [2.24, 2.45) is 0 Å². The molecule has 5 rings (SSSR count). The van der Waals surface area contributed by atoms with E-state index in [1.807, 2.05) is 42.5 Å². The molecule has 0 aliphatic rings. The van der Waals surface area contributed by atoms with Gasteiger partial charge in [-0.15, -0.1) is 0 Å². The fourth-order valence-corrected chi connectivity index (χ4v) is 3.19. The molecule has 2 N–H and O–H groups in total. The molecule has 0 aliphatic carbocycles. The lowest BCUT2D eigenvalue weighted by Gasteiger charge is -2.11. The predicted octanol–water partition coefficient (Wildman–Crippen LogP) is 4.08. The Morgan fingerprint density at radius 2 is 1.26 bits per heavy atom. The van der Waals surface area contributed by atoms with Crippen LogP contribution in [-0.4, -0.2) is 25.4 Å². The lowest BCUT2D eigenvalue weighted by Crippen LogP contribution is -1.95. The van der Waals surface area contributed by atoms with Crippen LogP contribution in [0.15, 0.2) is 85.3 Å². The van der Waals surface area contributed by atoms with E-state index in [1.165, 1.54) is 0 Å². The number of rotatable bonds is 2. The lowest BCUT2D eigenvalue weighted by molar-refractivity contribution is 0.824. The summed E-state index contributed by atoms with van der Waals surface area (Å²) in [7, 11) is 0. The molecule has 5 nitrogen and oxygen atoms in total. The summed E-state index contributed by atoms with van der Waals surface area (Å²) >= 11 is 0. The minimum absolute atomic E-state index is 0. The van der Waals surface area contributed by atoms with Gasteiger partial charge in [0.25, 0.3) is 0 Å². The van der Waals surface area contributed by atoms with Gasteiger partial charge in [-0.1, -0.05) is 30.3 Å². The minimum atomic E-state index is 0. The van der Waals surface area contributed by atoms with E-state index in [1.54, 1.807) is 18.6 Å². The zero-order valence-electron chi connectivity index (χ0n) is 14.4. The van der Waals surface area contributed by atoms with E-state index in [2.05, 4.69) is 39.2 Å². The van der Waals surface area contributed by atoms with Crippen molar-refractivity contribution >= 4 is 21.8 Å². The standard InChI is InChI=1S/C22H14N4.H2O/c1-3-11-23-18(7-1)17-14-16-10-9-15-6-5-13-25-20(15)21(16)26-22(17)19-8-2-4-12-24-19;/h1-14H;1H2. The number of aromatic nitrogens is 4. The van der Waals surface area contributed by atoms with Gasteiger partial charge < -0.3 is 5.48 Å². The molecule has 4 aromatic heterocycles. The van der Waals surface area contributed by atoms with Crippen LogP contribution >= 0.6 is 0 Å². The monoisotopic (exact) mass is 352 g/mol. The molecular formula is C22H16N4O. The van der Waals surface area contributed by atoms with Gasteiger partial charge in [0.2, 0.25) is 0 Å². The van der Waals surface area contributed by atoms with Crippen LogP contribution in [0.1, 0.15) is 0 Å². The Balaban J connectivity index is 0.00000180. The van der Waals surface area contributed by atoms with Crippen LogP contribution in [0.3, 0.4) is 0 Å². The van der Waals surface area contributed by atoms with Crippen LogP contribution in [0, 0.1) is 0 Å². The van der Waals surface area contributed by atoms with E-state index in [0.29, 0.717) is 0 Å². The largest absolute Gasteiger partial charge is 0.412 e. The third kappa shape index (κ3) is 2.90. The highest BCUT2D eigenvalue weighted by Gasteiger charge is 2.14. The zero-order chi connectivity index (χ0) is 17.3. The van der Waals surface area contributed by atoms with Crippen molar-refractivity contribution in [3.8, 4) is 22.6 Å². The number of nitrogens with zero attached hydrogens (tertiary/aromatic N) is 4.